The summed E-state index contributed by atoms with van der Waals surface area (Å²) in [6.45, 7) is 4.16. The van der Waals surface area contributed by atoms with Gasteiger partial charge in [0.1, 0.15) is 0 Å². The molecule has 1 aromatic rings. The largest absolute Gasteiger partial charge is 0.352 e. The Bertz CT molecular complexity index is 560. The molecule has 1 aromatic carbocycles. The summed E-state index contributed by atoms with van der Waals surface area (Å²) in [7, 11) is 0. The summed E-state index contributed by atoms with van der Waals surface area (Å²) in [6.07, 6.45) is 6.73. The van der Waals surface area contributed by atoms with E-state index in [1.54, 1.807) is 11.8 Å². The number of likely N-dealkylation sites (tertiary alicyclic amines) is 1. The number of hydrogen-bond acceptors (Lipinski definition) is 3. The Kier molecular flexibility index (Phi) is 6.96. The van der Waals surface area contributed by atoms with Crippen LogP contribution in [0, 0.1) is 6.92 Å². The van der Waals surface area contributed by atoms with Crippen molar-refractivity contribution in [3.63, 3.8) is 0 Å². The zero-order valence-corrected chi connectivity index (χ0v) is 14.9. The monoisotopic (exact) mass is 334 g/mol. The minimum absolute atomic E-state index is 0.0272. The quantitative estimate of drug-likeness (QED) is 0.642. The minimum atomic E-state index is -0.0272. The first-order valence-corrected chi connectivity index (χ1v) is 9.55. The molecule has 0 saturated carbocycles. The summed E-state index contributed by atoms with van der Waals surface area (Å²) in [6, 6.07) is 5.95. The second-order valence-corrected chi connectivity index (χ2v) is 6.86. The van der Waals surface area contributed by atoms with E-state index in [0.717, 1.165) is 54.8 Å². The normalized spacial score (nSPS) is 15.4. The smallest absolute Gasteiger partial charge is 0.251 e. The molecule has 2 amide bonds. The van der Waals surface area contributed by atoms with Crippen molar-refractivity contribution in [2.45, 2.75) is 43.9 Å². The lowest BCUT2D eigenvalue weighted by atomic mass is 10.1. The number of benzene rings is 1. The molecule has 1 N–H and O–H groups in total. The highest BCUT2D eigenvalue weighted by molar-refractivity contribution is 7.98. The maximum absolute atomic E-state index is 12.3. The fraction of sp³-hybridized carbons (Fsp3) is 0.556. The van der Waals surface area contributed by atoms with Gasteiger partial charge in [0.2, 0.25) is 5.91 Å². The summed E-state index contributed by atoms with van der Waals surface area (Å²) in [5, 5.41) is 2.97. The van der Waals surface area contributed by atoms with Crippen molar-refractivity contribution in [1.82, 2.24) is 10.2 Å². The maximum Gasteiger partial charge on any atom is 0.251 e. The highest BCUT2D eigenvalue weighted by atomic mass is 32.2. The molecule has 0 unspecified atom stereocenters. The highest BCUT2D eigenvalue weighted by Crippen LogP contribution is 2.19. The van der Waals surface area contributed by atoms with Crippen LogP contribution in [-0.4, -0.2) is 42.6 Å². The predicted molar refractivity (Wildman–Crippen MR) is 95.0 cm³/mol. The number of rotatable bonds is 6. The van der Waals surface area contributed by atoms with E-state index in [4.69, 9.17) is 0 Å². The van der Waals surface area contributed by atoms with Crippen molar-refractivity contribution in [3.8, 4) is 0 Å². The number of amides is 2. The van der Waals surface area contributed by atoms with Crippen LogP contribution in [-0.2, 0) is 4.79 Å². The Balaban J connectivity index is 1.79. The molecule has 0 bridgehead atoms. The first-order valence-electron chi connectivity index (χ1n) is 8.32. The average Bonchev–Trinajstić information content (AvgIpc) is 2.76. The summed E-state index contributed by atoms with van der Waals surface area (Å²) in [5.41, 5.74) is 1.73. The fourth-order valence-electron chi connectivity index (χ4n) is 2.81. The van der Waals surface area contributed by atoms with Crippen molar-refractivity contribution in [3.05, 3.63) is 29.3 Å². The van der Waals surface area contributed by atoms with E-state index in [1.165, 1.54) is 0 Å². The van der Waals surface area contributed by atoms with Crippen molar-refractivity contribution in [2.24, 2.45) is 0 Å². The molecule has 1 fully saturated rings. The standard InChI is InChI=1S/C18H26N2O2S/c1-14-8-9-15(23-2)13-16(14)18(22)19-10-6-12-20-11-5-3-4-7-17(20)21/h8-9,13H,3-7,10-12H2,1-2H3,(H,19,22). The van der Waals surface area contributed by atoms with Crippen LogP contribution in [0.25, 0.3) is 0 Å². The van der Waals surface area contributed by atoms with Crippen molar-refractivity contribution >= 4 is 23.6 Å². The molecule has 0 aliphatic carbocycles. The van der Waals surface area contributed by atoms with E-state index >= 15 is 0 Å². The molecule has 1 saturated heterocycles. The highest BCUT2D eigenvalue weighted by Gasteiger charge is 2.16. The van der Waals surface area contributed by atoms with Gasteiger partial charge in [0, 0.05) is 36.5 Å². The Labute approximate surface area is 143 Å². The first kappa shape index (κ1) is 17.9. The van der Waals surface area contributed by atoms with Gasteiger partial charge in [0.25, 0.3) is 5.91 Å². The topological polar surface area (TPSA) is 49.4 Å². The van der Waals surface area contributed by atoms with Crippen LogP contribution in [0.2, 0.25) is 0 Å². The molecule has 1 aliphatic rings. The molecule has 4 nitrogen and oxygen atoms in total. The van der Waals surface area contributed by atoms with E-state index in [-0.39, 0.29) is 11.8 Å². The number of nitrogens with zero attached hydrogens (tertiary/aromatic N) is 1. The van der Waals surface area contributed by atoms with Crippen molar-refractivity contribution in [2.75, 3.05) is 25.9 Å². The van der Waals surface area contributed by atoms with Gasteiger partial charge in [0.15, 0.2) is 0 Å². The lowest BCUT2D eigenvalue weighted by Gasteiger charge is -2.20. The van der Waals surface area contributed by atoms with Gasteiger partial charge in [-0.3, -0.25) is 9.59 Å². The molecule has 0 radical (unpaired) electrons. The van der Waals surface area contributed by atoms with E-state index in [1.807, 2.05) is 36.3 Å². The van der Waals surface area contributed by atoms with Crippen molar-refractivity contribution in [1.29, 1.82) is 0 Å². The zero-order chi connectivity index (χ0) is 16.7. The second kappa shape index (κ2) is 8.96. The molecule has 5 heteroatoms. The van der Waals surface area contributed by atoms with Crippen LogP contribution in [0.4, 0.5) is 0 Å². The van der Waals surface area contributed by atoms with Gasteiger partial charge in [-0.1, -0.05) is 12.5 Å². The van der Waals surface area contributed by atoms with Gasteiger partial charge in [-0.15, -0.1) is 11.8 Å². The molecule has 0 atom stereocenters. The summed E-state index contributed by atoms with van der Waals surface area (Å²) in [5.74, 6) is 0.234. The van der Waals surface area contributed by atoms with Gasteiger partial charge >= 0.3 is 0 Å². The number of carbonyl (C=O) groups excluding carboxylic acids is 2. The molecule has 0 aromatic heterocycles. The van der Waals surface area contributed by atoms with Crippen LogP contribution in [0.15, 0.2) is 23.1 Å². The third kappa shape index (κ3) is 5.27. The molecule has 2 rings (SSSR count). The fourth-order valence-corrected chi connectivity index (χ4v) is 3.25. The van der Waals surface area contributed by atoms with Gasteiger partial charge in [-0.25, -0.2) is 0 Å². The lowest BCUT2D eigenvalue weighted by molar-refractivity contribution is -0.130. The van der Waals surface area contributed by atoms with E-state index in [0.29, 0.717) is 13.0 Å². The van der Waals surface area contributed by atoms with Crippen LogP contribution in [0.3, 0.4) is 0 Å². The van der Waals surface area contributed by atoms with Crippen LogP contribution >= 0.6 is 11.8 Å². The third-order valence-electron chi connectivity index (χ3n) is 4.25. The van der Waals surface area contributed by atoms with Gasteiger partial charge in [-0.2, -0.15) is 0 Å². The van der Waals surface area contributed by atoms with E-state index in [2.05, 4.69) is 5.32 Å². The Morgan fingerprint density at radius 1 is 1.30 bits per heavy atom. The molecular weight excluding hydrogens is 308 g/mol. The number of aryl methyl sites for hydroxylation is 1. The molecule has 1 heterocycles. The summed E-state index contributed by atoms with van der Waals surface area (Å²) < 4.78 is 0. The number of thioether (sulfide) groups is 1. The molecule has 126 valence electrons. The lowest BCUT2D eigenvalue weighted by Crippen LogP contribution is -2.34. The van der Waals surface area contributed by atoms with Crippen molar-refractivity contribution < 1.29 is 9.59 Å². The molecule has 0 spiro atoms. The Morgan fingerprint density at radius 3 is 2.91 bits per heavy atom. The predicted octanol–water partition coefficient (Wildman–Crippen LogP) is 3.24. The number of hydrogen-bond donors (Lipinski definition) is 1. The molecule has 1 aliphatic heterocycles. The van der Waals surface area contributed by atoms with Crippen LogP contribution in [0.5, 0.6) is 0 Å². The Morgan fingerprint density at radius 2 is 2.13 bits per heavy atom. The van der Waals surface area contributed by atoms with Gasteiger partial charge in [-0.05, 0) is 50.1 Å². The minimum Gasteiger partial charge on any atom is -0.352 e. The second-order valence-electron chi connectivity index (χ2n) is 5.98. The number of carbonyl (C=O) groups is 2. The molecule has 23 heavy (non-hydrogen) atoms. The van der Waals surface area contributed by atoms with E-state index in [9.17, 15) is 9.59 Å². The van der Waals surface area contributed by atoms with Gasteiger partial charge < -0.3 is 10.2 Å². The Hall–Kier alpha value is -1.49. The summed E-state index contributed by atoms with van der Waals surface area (Å²) >= 11 is 1.63. The number of nitrogens with one attached hydrogen (secondary N) is 1. The van der Waals surface area contributed by atoms with Gasteiger partial charge in [0.05, 0.1) is 0 Å². The van der Waals surface area contributed by atoms with Crippen LogP contribution in [0.1, 0.15) is 48.0 Å². The van der Waals surface area contributed by atoms with E-state index < -0.39 is 0 Å². The van der Waals surface area contributed by atoms with Crippen LogP contribution < -0.4 is 5.32 Å². The summed E-state index contributed by atoms with van der Waals surface area (Å²) in [4.78, 5) is 27.3. The SMILES string of the molecule is CSc1ccc(C)c(C(=O)NCCCN2CCCCCC2=O)c1. The average molecular weight is 334 g/mol. The zero-order valence-electron chi connectivity index (χ0n) is 14.1. The first-order chi connectivity index (χ1) is 11.1. The maximum atomic E-state index is 12.3. The third-order valence-corrected chi connectivity index (χ3v) is 4.98. The molecular formula is C18H26N2O2S.